The van der Waals surface area contributed by atoms with E-state index in [0.29, 0.717) is 19.8 Å². The summed E-state index contributed by atoms with van der Waals surface area (Å²) in [5.41, 5.74) is 0. The highest BCUT2D eigenvalue weighted by atomic mass is 16.7. The topological polar surface area (TPSA) is 48.1 Å². The van der Waals surface area contributed by atoms with Crippen LogP contribution in [0.15, 0.2) is 0 Å². The van der Waals surface area contributed by atoms with Crippen molar-refractivity contribution in [1.29, 1.82) is 0 Å². The SMILES string of the molecule is CCCCOC(=O)OCC1CO1. The molecule has 1 saturated heterocycles. The van der Waals surface area contributed by atoms with Crippen molar-refractivity contribution < 1.29 is 19.0 Å². The smallest absolute Gasteiger partial charge is 0.434 e. The molecule has 0 aromatic carbocycles. The summed E-state index contributed by atoms with van der Waals surface area (Å²) >= 11 is 0. The lowest BCUT2D eigenvalue weighted by molar-refractivity contribution is 0.0497. The van der Waals surface area contributed by atoms with Crippen LogP contribution in [0.3, 0.4) is 0 Å². The average Bonchev–Trinajstić information content (AvgIpc) is 2.84. The van der Waals surface area contributed by atoms with Gasteiger partial charge in [-0.15, -0.1) is 0 Å². The van der Waals surface area contributed by atoms with Gasteiger partial charge in [-0.25, -0.2) is 4.79 Å². The van der Waals surface area contributed by atoms with E-state index in [0.717, 1.165) is 12.8 Å². The molecule has 1 rings (SSSR count). The Labute approximate surface area is 71.8 Å². The van der Waals surface area contributed by atoms with E-state index in [4.69, 9.17) is 14.2 Å². The number of rotatable bonds is 5. The average molecular weight is 174 g/mol. The van der Waals surface area contributed by atoms with Crippen LogP contribution >= 0.6 is 0 Å². The summed E-state index contributed by atoms with van der Waals surface area (Å²) in [6.07, 6.45) is 1.43. The Bertz CT molecular complexity index is 142. The first-order valence-electron chi connectivity index (χ1n) is 4.24. The number of hydrogen-bond donors (Lipinski definition) is 0. The van der Waals surface area contributed by atoms with Crippen molar-refractivity contribution in [3.05, 3.63) is 0 Å². The molecule has 0 aromatic heterocycles. The Kier molecular flexibility index (Phi) is 3.87. The molecule has 1 fully saturated rings. The number of ether oxygens (including phenoxy) is 3. The third-order valence-corrected chi connectivity index (χ3v) is 1.51. The van der Waals surface area contributed by atoms with Gasteiger partial charge in [0.15, 0.2) is 0 Å². The third kappa shape index (κ3) is 4.18. The minimum absolute atomic E-state index is 0.115. The van der Waals surface area contributed by atoms with E-state index in [1.807, 2.05) is 6.92 Å². The van der Waals surface area contributed by atoms with Crippen molar-refractivity contribution >= 4 is 6.16 Å². The van der Waals surface area contributed by atoms with E-state index in [1.165, 1.54) is 0 Å². The quantitative estimate of drug-likeness (QED) is 0.358. The number of carbonyl (C=O) groups excluding carboxylic acids is 1. The van der Waals surface area contributed by atoms with E-state index >= 15 is 0 Å². The normalized spacial score (nSPS) is 20.2. The van der Waals surface area contributed by atoms with Crippen LogP contribution in [-0.4, -0.2) is 32.1 Å². The fourth-order valence-electron chi connectivity index (χ4n) is 0.667. The summed E-state index contributed by atoms with van der Waals surface area (Å²) < 4.78 is 14.3. The van der Waals surface area contributed by atoms with Crippen LogP contribution in [0.25, 0.3) is 0 Å². The second-order valence-corrected chi connectivity index (χ2v) is 2.72. The van der Waals surface area contributed by atoms with E-state index < -0.39 is 6.16 Å². The molecule has 1 aliphatic heterocycles. The van der Waals surface area contributed by atoms with Crippen LogP contribution in [0.2, 0.25) is 0 Å². The van der Waals surface area contributed by atoms with Crippen LogP contribution in [0.4, 0.5) is 4.79 Å². The maximum Gasteiger partial charge on any atom is 0.508 e. The lowest BCUT2D eigenvalue weighted by atomic mass is 10.4. The fourth-order valence-corrected chi connectivity index (χ4v) is 0.667. The first-order chi connectivity index (χ1) is 5.83. The second-order valence-electron chi connectivity index (χ2n) is 2.72. The number of carbonyl (C=O) groups is 1. The minimum atomic E-state index is -0.584. The van der Waals surface area contributed by atoms with Gasteiger partial charge in [-0.05, 0) is 6.42 Å². The lowest BCUT2D eigenvalue weighted by Gasteiger charge is -2.03. The monoisotopic (exact) mass is 174 g/mol. The predicted molar refractivity (Wildman–Crippen MR) is 41.9 cm³/mol. The molecule has 1 unspecified atom stereocenters. The Morgan fingerprint density at radius 3 is 2.92 bits per heavy atom. The molecule has 0 N–H and O–H groups in total. The van der Waals surface area contributed by atoms with Crippen molar-refractivity contribution in [2.24, 2.45) is 0 Å². The summed E-state index contributed by atoms with van der Waals surface area (Å²) in [6.45, 7) is 3.50. The number of hydrogen-bond acceptors (Lipinski definition) is 4. The highest BCUT2D eigenvalue weighted by Gasteiger charge is 2.24. The van der Waals surface area contributed by atoms with E-state index in [1.54, 1.807) is 0 Å². The summed E-state index contributed by atoms with van der Waals surface area (Å²) in [4.78, 5) is 10.8. The van der Waals surface area contributed by atoms with Crippen LogP contribution in [0.1, 0.15) is 19.8 Å². The molecular formula is C8H14O4. The van der Waals surface area contributed by atoms with Crippen LogP contribution in [0.5, 0.6) is 0 Å². The maximum atomic E-state index is 10.8. The summed E-state index contributed by atoms with van der Waals surface area (Å²) in [6, 6.07) is 0. The van der Waals surface area contributed by atoms with Gasteiger partial charge in [0.05, 0.1) is 13.2 Å². The number of unbranched alkanes of at least 4 members (excludes halogenated alkanes) is 1. The van der Waals surface area contributed by atoms with Gasteiger partial charge in [0.1, 0.15) is 12.7 Å². The van der Waals surface area contributed by atoms with Gasteiger partial charge in [-0.1, -0.05) is 13.3 Å². The van der Waals surface area contributed by atoms with Gasteiger partial charge in [0, 0.05) is 0 Å². The summed E-state index contributed by atoms with van der Waals surface area (Å²) in [5.74, 6) is 0. The maximum absolute atomic E-state index is 10.8. The van der Waals surface area contributed by atoms with Gasteiger partial charge in [0.2, 0.25) is 0 Å². The fraction of sp³-hybridized carbons (Fsp3) is 0.875. The highest BCUT2D eigenvalue weighted by molar-refractivity contribution is 5.59. The molecule has 4 heteroatoms. The Morgan fingerprint density at radius 1 is 1.58 bits per heavy atom. The van der Waals surface area contributed by atoms with Crippen LogP contribution < -0.4 is 0 Å². The summed E-state index contributed by atoms with van der Waals surface area (Å²) in [7, 11) is 0. The van der Waals surface area contributed by atoms with Crippen molar-refractivity contribution in [1.82, 2.24) is 0 Å². The molecule has 0 bridgehead atoms. The molecule has 0 aliphatic carbocycles. The van der Waals surface area contributed by atoms with Gasteiger partial charge in [0.25, 0.3) is 0 Å². The van der Waals surface area contributed by atoms with E-state index in [2.05, 4.69) is 0 Å². The van der Waals surface area contributed by atoms with E-state index in [9.17, 15) is 4.79 Å². The Hall–Kier alpha value is -0.770. The molecule has 0 aromatic rings. The largest absolute Gasteiger partial charge is 0.508 e. The first kappa shape index (κ1) is 9.32. The molecule has 1 atom stereocenters. The van der Waals surface area contributed by atoms with Gasteiger partial charge in [-0.2, -0.15) is 0 Å². The van der Waals surface area contributed by atoms with Gasteiger partial charge >= 0.3 is 6.16 Å². The molecule has 0 radical (unpaired) electrons. The molecule has 0 spiro atoms. The second kappa shape index (κ2) is 4.98. The molecule has 4 nitrogen and oxygen atoms in total. The lowest BCUT2D eigenvalue weighted by Crippen LogP contribution is -2.12. The molecule has 70 valence electrons. The van der Waals surface area contributed by atoms with Crippen LogP contribution in [-0.2, 0) is 14.2 Å². The first-order valence-corrected chi connectivity index (χ1v) is 4.24. The molecular weight excluding hydrogens is 160 g/mol. The van der Waals surface area contributed by atoms with Crippen molar-refractivity contribution in [3.8, 4) is 0 Å². The Balaban J connectivity index is 1.88. The highest BCUT2D eigenvalue weighted by Crippen LogP contribution is 2.08. The minimum Gasteiger partial charge on any atom is -0.434 e. The zero-order valence-electron chi connectivity index (χ0n) is 7.25. The van der Waals surface area contributed by atoms with Gasteiger partial charge < -0.3 is 14.2 Å². The molecule has 0 amide bonds. The standard InChI is InChI=1S/C8H14O4/c1-2-3-4-10-8(9)12-6-7-5-11-7/h7H,2-6H2,1H3. The third-order valence-electron chi connectivity index (χ3n) is 1.51. The van der Waals surface area contributed by atoms with Gasteiger partial charge in [-0.3, -0.25) is 0 Å². The molecule has 0 saturated carbocycles. The number of epoxide rings is 1. The molecule has 12 heavy (non-hydrogen) atoms. The predicted octanol–water partition coefficient (Wildman–Crippen LogP) is 1.34. The zero-order valence-corrected chi connectivity index (χ0v) is 7.25. The van der Waals surface area contributed by atoms with Crippen LogP contribution in [0, 0.1) is 0 Å². The van der Waals surface area contributed by atoms with Crippen molar-refractivity contribution in [2.75, 3.05) is 19.8 Å². The zero-order chi connectivity index (χ0) is 8.81. The molecule has 1 aliphatic rings. The molecule has 1 heterocycles. The Morgan fingerprint density at radius 2 is 2.33 bits per heavy atom. The summed E-state index contributed by atoms with van der Waals surface area (Å²) in [5, 5.41) is 0. The van der Waals surface area contributed by atoms with E-state index in [-0.39, 0.29) is 6.10 Å². The van der Waals surface area contributed by atoms with Crippen molar-refractivity contribution in [2.45, 2.75) is 25.9 Å². The van der Waals surface area contributed by atoms with Crippen molar-refractivity contribution in [3.63, 3.8) is 0 Å².